The van der Waals surface area contributed by atoms with Gasteiger partial charge in [0.2, 0.25) is 5.91 Å². The smallest absolute Gasteiger partial charge is 0.236 e. The molecule has 0 N–H and O–H groups in total. The van der Waals surface area contributed by atoms with Crippen LogP contribution in [-0.4, -0.2) is 31.1 Å². The number of amides is 1. The Morgan fingerprint density at radius 2 is 1.91 bits per heavy atom. The van der Waals surface area contributed by atoms with Crippen molar-refractivity contribution in [1.82, 2.24) is 0 Å². The number of anilines is 1. The molecule has 0 spiro atoms. The molecule has 0 atom stereocenters. The van der Waals surface area contributed by atoms with Gasteiger partial charge < -0.3 is 9.64 Å². The first-order valence-electron chi connectivity index (χ1n) is 7.25. The van der Waals surface area contributed by atoms with E-state index in [2.05, 4.69) is 0 Å². The maximum atomic E-state index is 12.1. The van der Waals surface area contributed by atoms with E-state index in [-0.39, 0.29) is 5.91 Å². The summed E-state index contributed by atoms with van der Waals surface area (Å²) in [5.74, 6) is 2.24. The van der Waals surface area contributed by atoms with E-state index < -0.39 is 0 Å². The van der Waals surface area contributed by atoms with E-state index in [0.29, 0.717) is 12.4 Å². The molecule has 4 heteroatoms. The Kier molecular flexibility index (Phi) is 6.34. The fraction of sp³-hybridized carbons (Fsp3) is 0.278. The highest BCUT2D eigenvalue weighted by molar-refractivity contribution is 7.99. The van der Waals surface area contributed by atoms with E-state index in [1.807, 2.05) is 68.6 Å². The van der Waals surface area contributed by atoms with Crippen LogP contribution >= 0.6 is 11.8 Å². The summed E-state index contributed by atoms with van der Waals surface area (Å²) in [5.41, 5.74) is 2.11. The van der Waals surface area contributed by atoms with Crippen LogP contribution in [0.4, 0.5) is 5.69 Å². The first-order chi connectivity index (χ1) is 10.7. The fourth-order valence-corrected chi connectivity index (χ4v) is 2.69. The molecule has 0 aromatic heterocycles. The number of hydrogen-bond acceptors (Lipinski definition) is 3. The van der Waals surface area contributed by atoms with Gasteiger partial charge in [0.05, 0.1) is 12.4 Å². The predicted octanol–water partition coefficient (Wildman–Crippen LogP) is 3.77. The lowest BCUT2D eigenvalue weighted by molar-refractivity contribution is -0.115. The van der Waals surface area contributed by atoms with Gasteiger partial charge >= 0.3 is 0 Å². The number of rotatable bonds is 7. The monoisotopic (exact) mass is 315 g/mol. The van der Waals surface area contributed by atoms with Gasteiger partial charge in [0.25, 0.3) is 0 Å². The number of aryl methyl sites for hydroxylation is 1. The van der Waals surface area contributed by atoms with Crippen LogP contribution in [-0.2, 0) is 4.79 Å². The zero-order chi connectivity index (χ0) is 15.8. The molecule has 2 rings (SSSR count). The van der Waals surface area contributed by atoms with Crippen molar-refractivity contribution >= 4 is 23.4 Å². The minimum absolute atomic E-state index is 0.103. The van der Waals surface area contributed by atoms with Crippen LogP contribution in [0, 0.1) is 6.92 Å². The summed E-state index contributed by atoms with van der Waals surface area (Å²) in [6.07, 6.45) is 0. The van der Waals surface area contributed by atoms with Gasteiger partial charge in [-0.3, -0.25) is 4.79 Å². The third kappa shape index (κ3) is 5.11. The summed E-state index contributed by atoms with van der Waals surface area (Å²) >= 11 is 1.59. The molecule has 0 saturated carbocycles. The van der Waals surface area contributed by atoms with Crippen molar-refractivity contribution in [3.63, 3.8) is 0 Å². The summed E-state index contributed by atoms with van der Waals surface area (Å²) in [7, 11) is 1.81. The van der Waals surface area contributed by atoms with Crippen LogP contribution in [0.2, 0.25) is 0 Å². The third-order valence-corrected chi connectivity index (χ3v) is 4.14. The second-order valence-electron chi connectivity index (χ2n) is 5.01. The molecule has 3 nitrogen and oxygen atoms in total. The standard InChI is InChI=1S/C18H21NO2S/c1-15-7-6-10-17(13-15)21-11-12-22-14-18(20)19(2)16-8-4-3-5-9-16/h3-10,13H,11-12,14H2,1-2H3. The highest BCUT2D eigenvalue weighted by Crippen LogP contribution is 2.14. The quantitative estimate of drug-likeness (QED) is 0.728. The molecule has 22 heavy (non-hydrogen) atoms. The number of ether oxygens (including phenoxy) is 1. The van der Waals surface area contributed by atoms with E-state index in [9.17, 15) is 4.79 Å². The molecule has 0 unspecified atom stereocenters. The van der Waals surface area contributed by atoms with E-state index in [4.69, 9.17) is 4.74 Å². The Hall–Kier alpha value is -1.94. The van der Waals surface area contributed by atoms with Crippen molar-refractivity contribution in [3.8, 4) is 5.75 Å². The van der Waals surface area contributed by atoms with E-state index in [1.54, 1.807) is 16.7 Å². The van der Waals surface area contributed by atoms with Crippen molar-refractivity contribution < 1.29 is 9.53 Å². The van der Waals surface area contributed by atoms with Crippen molar-refractivity contribution in [1.29, 1.82) is 0 Å². The van der Waals surface area contributed by atoms with Crippen LogP contribution in [0.25, 0.3) is 0 Å². The molecule has 2 aromatic carbocycles. The Labute approximate surface area is 136 Å². The van der Waals surface area contributed by atoms with Gasteiger partial charge in [0, 0.05) is 18.5 Å². The Bertz CT molecular complexity index is 601. The highest BCUT2D eigenvalue weighted by atomic mass is 32.2. The number of benzene rings is 2. The molecule has 0 bridgehead atoms. The van der Waals surface area contributed by atoms with E-state index in [0.717, 1.165) is 17.2 Å². The number of thioether (sulfide) groups is 1. The fourth-order valence-electron chi connectivity index (χ4n) is 1.98. The largest absolute Gasteiger partial charge is 0.493 e. The van der Waals surface area contributed by atoms with Crippen LogP contribution in [0.1, 0.15) is 5.56 Å². The van der Waals surface area contributed by atoms with Gasteiger partial charge in [-0.2, -0.15) is 0 Å². The average Bonchev–Trinajstić information content (AvgIpc) is 2.54. The first-order valence-corrected chi connectivity index (χ1v) is 8.41. The number of carbonyl (C=O) groups is 1. The zero-order valence-electron chi connectivity index (χ0n) is 13.0. The lowest BCUT2D eigenvalue weighted by Gasteiger charge is -2.17. The molecule has 0 fully saturated rings. The number of nitrogens with zero attached hydrogens (tertiary/aromatic N) is 1. The van der Waals surface area contributed by atoms with Gasteiger partial charge in [0.1, 0.15) is 5.75 Å². The molecule has 0 aliphatic carbocycles. The topological polar surface area (TPSA) is 29.5 Å². The predicted molar refractivity (Wildman–Crippen MR) is 93.9 cm³/mol. The molecule has 0 radical (unpaired) electrons. The number of hydrogen-bond donors (Lipinski definition) is 0. The van der Waals surface area contributed by atoms with Crippen LogP contribution in [0.5, 0.6) is 5.75 Å². The van der Waals surface area contributed by atoms with E-state index >= 15 is 0 Å². The molecular formula is C18H21NO2S. The molecule has 0 heterocycles. The molecule has 0 aliphatic heterocycles. The maximum absolute atomic E-state index is 12.1. The van der Waals surface area contributed by atoms with E-state index in [1.165, 1.54) is 5.56 Å². The van der Waals surface area contributed by atoms with Gasteiger partial charge in [0.15, 0.2) is 0 Å². The lowest BCUT2D eigenvalue weighted by Crippen LogP contribution is -2.28. The SMILES string of the molecule is Cc1cccc(OCCSCC(=O)N(C)c2ccccc2)c1. The maximum Gasteiger partial charge on any atom is 0.236 e. The second kappa shape index (κ2) is 8.49. The van der Waals surface area contributed by atoms with Crippen LogP contribution in [0.15, 0.2) is 54.6 Å². The Balaban J connectivity index is 1.67. The molecule has 116 valence electrons. The summed E-state index contributed by atoms with van der Waals surface area (Å²) in [6, 6.07) is 17.7. The van der Waals surface area contributed by atoms with Gasteiger partial charge in [-0.25, -0.2) is 0 Å². The normalized spacial score (nSPS) is 10.3. The minimum Gasteiger partial charge on any atom is -0.493 e. The molecule has 0 saturated heterocycles. The van der Waals surface area contributed by atoms with Crippen molar-refractivity contribution in [2.75, 3.05) is 30.1 Å². The number of carbonyl (C=O) groups excluding carboxylic acids is 1. The van der Waals surface area contributed by atoms with Crippen molar-refractivity contribution in [2.24, 2.45) is 0 Å². The molecule has 2 aromatic rings. The highest BCUT2D eigenvalue weighted by Gasteiger charge is 2.10. The third-order valence-electron chi connectivity index (χ3n) is 3.23. The molecule has 0 aliphatic rings. The average molecular weight is 315 g/mol. The zero-order valence-corrected chi connectivity index (χ0v) is 13.8. The summed E-state index contributed by atoms with van der Waals surface area (Å²) in [5, 5.41) is 0. The van der Waals surface area contributed by atoms with Crippen LogP contribution in [0.3, 0.4) is 0 Å². The Morgan fingerprint density at radius 1 is 1.14 bits per heavy atom. The first kappa shape index (κ1) is 16.4. The Morgan fingerprint density at radius 3 is 2.64 bits per heavy atom. The van der Waals surface area contributed by atoms with Gasteiger partial charge in [-0.05, 0) is 36.8 Å². The lowest BCUT2D eigenvalue weighted by atomic mass is 10.2. The summed E-state index contributed by atoms with van der Waals surface area (Å²) in [6.45, 7) is 2.65. The minimum atomic E-state index is 0.103. The van der Waals surface area contributed by atoms with Gasteiger partial charge in [-0.15, -0.1) is 11.8 Å². The summed E-state index contributed by atoms with van der Waals surface area (Å²) < 4.78 is 5.67. The number of para-hydroxylation sites is 1. The molecular weight excluding hydrogens is 294 g/mol. The molecule has 1 amide bonds. The summed E-state index contributed by atoms with van der Waals surface area (Å²) in [4.78, 5) is 13.8. The van der Waals surface area contributed by atoms with Crippen molar-refractivity contribution in [2.45, 2.75) is 6.92 Å². The van der Waals surface area contributed by atoms with Crippen molar-refractivity contribution in [3.05, 3.63) is 60.2 Å². The van der Waals surface area contributed by atoms with Gasteiger partial charge in [-0.1, -0.05) is 30.3 Å². The van der Waals surface area contributed by atoms with Crippen LogP contribution < -0.4 is 9.64 Å². The second-order valence-corrected chi connectivity index (χ2v) is 6.11.